The molecule has 0 spiro atoms. The fourth-order valence-electron chi connectivity index (χ4n) is 1.49. The predicted molar refractivity (Wildman–Crippen MR) is 77.8 cm³/mol. The molecule has 0 fully saturated rings. The van der Waals surface area contributed by atoms with Crippen LogP contribution in [0.25, 0.3) is 0 Å². The largest absolute Gasteiger partial charge is 0.438 e. The quantitative estimate of drug-likeness (QED) is 0.700. The minimum absolute atomic E-state index is 0.342. The van der Waals surface area contributed by atoms with E-state index in [0.717, 1.165) is 21.3 Å². The summed E-state index contributed by atoms with van der Waals surface area (Å²) in [5.41, 5.74) is 1.79. The highest BCUT2D eigenvalue weighted by Gasteiger charge is 2.08. The Morgan fingerprint density at radius 3 is 2.78 bits per heavy atom. The van der Waals surface area contributed by atoms with Crippen molar-refractivity contribution in [2.24, 2.45) is 0 Å². The zero-order valence-corrected chi connectivity index (χ0v) is 12.7. The second-order valence-corrected chi connectivity index (χ2v) is 5.38. The summed E-state index contributed by atoms with van der Waals surface area (Å²) in [5.74, 6) is 1.58. The molecule has 2 nitrogen and oxygen atoms in total. The number of aryl methyl sites for hydroxylation is 1. The third kappa shape index (κ3) is 3.16. The fraction of sp³-hybridized carbons (Fsp3) is 0.154. The number of ether oxygens (including phenoxy) is 1. The van der Waals surface area contributed by atoms with Gasteiger partial charge in [-0.05, 0) is 52.7 Å². The van der Waals surface area contributed by atoms with Gasteiger partial charge in [0.15, 0.2) is 0 Å². The highest BCUT2D eigenvalue weighted by Crippen LogP contribution is 2.30. The first-order valence-corrected chi connectivity index (χ1v) is 6.95. The van der Waals surface area contributed by atoms with Crippen LogP contribution in [0.5, 0.6) is 11.6 Å². The second kappa shape index (κ2) is 5.91. The molecule has 0 aliphatic rings. The number of hydrogen-bond donors (Lipinski definition) is 0. The third-order valence-electron chi connectivity index (χ3n) is 2.38. The molecule has 0 atom stereocenters. The molecule has 0 N–H and O–H groups in total. The zero-order valence-electron chi connectivity index (χ0n) is 9.58. The van der Waals surface area contributed by atoms with E-state index in [4.69, 9.17) is 27.9 Å². The van der Waals surface area contributed by atoms with E-state index in [1.54, 1.807) is 12.3 Å². The summed E-state index contributed by atoms with van der Waals surface area (Å²) in [6.45, 7) is 1.93. The fourth-order valence-corrected chi connectivity index (χ4v) is 2.28. The number of benzene rings is 1. The summed E-state index contributed by atoms with van der Waals surface area (Å²) >= 11 is 15.1. The number of alkyl halides is 1. The molecule has 5 heteroatoms. The Hall–Kier alpha value is -0.770. The van der Waals surface area contributed by atoms with E-state index < -0.39 is 0 Å². The van der Waals surface area contributed by atoms with Gasteiger partial charge in [-0.3, -0.25) is 0 Å². The molecule has 0 unspecified atom stereocenters. The molecule has 1 heterocycles. The first-order chi connectivity index (χ1) is 8.60. The van der Waals surface area contributed by atoms with Crippen LogP contribution in [0.15, 0.2) is 34.9 Å². The summed E-state index contributed by atoms with van der Waals surface area (Å²) in [6, 6.07) is 7.33. The van der Waals surface area contributed by atoms with Gasteiger partial charge >= 0.3 is 0 Å². The molecule has 1 aromatic heterocycles. The Labute approximate surface area is 124 Å². The maximum absolute atomic E-state index is 5.90. The van der Waals surface area contributed by atoms with Gasteiger partial charge in [-0.25, -0.2) is 4.98 Å². The molecular formula is C13H10BrCl2NO. The van der Waals surface area contributed by atoms with Crippen LogP contribution < -0.4 is 4.74 Å². The number of rotatable bonds is 3. The maximum atomic E-state index is 5.90. The van der Waals surface area contributed by atoms with Crippen LogP contribution in [-0.4, -0.2) is 4.98 Å². The number of halogens is 3. The van der Waals surface area contributed by atoms with E-state index in [2.05, 4.69) is 20.9 Å². The minimum Gasteiger partial charge on any atom is -0.438 e. The van der Waals surface area contributed by atoms with Crippen molar-refractivity contribution in [1.29, 1.82) is 0 Å². The van der Waals surface area contributed by atoms with Crippen molar-refractivity contribution in [2.75, 3.05) is 0 Å². The van der Waals surface area contributed by atoms with E-state index in [1.165, 1.54) is 0 Å². The van der Waals surface area contributed by atoms with E-state index in [1.807, 2.05) is 25.1 Å². The normalized spacial score (nSPS) is 10.4. The summed E-state index contributed by atoms with van der Waals surface area (Å²) in [7, 11) is 0. The Kier molecular flexibility index (Phi) is 4.49. The lowest BCUT2D eigenvalue weighted by molar-refractivity contribution is 0.455. The average Bonchev–Trinajstić information content (AvgIpc) is 2.34. The van der Waals surface area contributed by atoms with Gasteiger partial charge < -0.3 is 4.74 Å². The first-order valence-electron chi connectivity index (χ1n) is 5.24. The van der Waals surface area contributed by atoms with Gasteiger partial charge in [0.25, 0.3) is 0 Å². The second-order valence-electron chi connectivity index (χ2n) is 3.76. The molecule has 0 aliphatic carbocycles. The molecule has 0 radical (unpaired) electrons. The molecule has 0 aliphatic heterocycles. The van der Waals surface area contributed by atoms with Crippen LogP contribution in [0.2, 0.25) is 5.02 Å². The van der Waals surface area contributed by atoms with Crippen LogP contribution in [0, 0.1) is 6.92 Å². The molecule has 0 saturated carbocycles. The van der Waals surface area contributed by atoms with E-state index >= 15 is 0 Å². The molecule has 0 saturated heterocycles. The highest BCUT2D eigenvalue weighted by atomic mass is 79.9. The van der Waals surface area contributed by atoms with Crippen molar-refractivity contribution >= 4 is 39.1 Å². The molecule has 0 amide bonds. The molecule has 18 heavy (non-hydrogen) atoms. The smallest absolute Gasteiger partial charge is 0.223 e. The van der Waals surface area contributed by atoms with Crippen molar-refractivity contribution in [3.63, 3.8) is 0 Å². The van der Waals surface area contributed by atoms with E-state index in [0.29, 0.717) is 16.8 Å². The lowest BCUT2D eigenvalue weighted by atomic mass is 10.2. The van der Waals surface area contributed by atoms with Gasteiger partial charge in [-0.2, -0.15) is 0 Å². The number of aromatic nitrogens is 1. The lowest BCUT2D eigenvalue weighted by Crippen LogP contribution is -1.94. The Balaban J connectivity index is 2.33. The first kappa shape index (κ1) is 13.7. The van der Waals surface area contributed by atoms with Crippen molar-refractivity contribution in [3.05, 3.63) is 51.1 Å². The number of pyridine rings is 1. The molecule has 2 rings (SSSR count). The third-order valence-corrected chi connectivity index (χ3v) is 3.34. The van der Waals surface area contributed by atoms with Crippen molar-refractivity contribution in [1.82, 2.24) is 4.98 Å². The standard InChI is InChI=1S/C13H10BrCl2NO/c1-8-4-11(16)2-3-12(8)18-13-9(6-15)5-10(14)7-17-13/h2-5,7H,6H2,1H3. The Bertz CT molecular complexity index is 575. The minimum atomic E-state index is 0.342. The van der Waals surface area contributed by atoms with Crippen LogP contribution in [0.3, 0.4) is 0 Å². The van der Waals surface area contributed by atoms with E-state index in [-0.39, 0.29) is 0 Å². The van der Waals surface area contributed by atoms with Crippen LogP contribution in [-0.2, 0) is 5.88 Å². The van der Waals surface area contributed by atoms with Crippen molar-refractivity contribution in [2.45, 2.75) is 12.8 Å². The molecule has 2 aromatic rings. The van der Waals surface area contributed by atoms with Gasteiger partial charge in [-0.15, -0.1) is 11.6 Å². The monoisotopic (exact) mass is 345 g/mol. The topological polar surface area (TPSA) is 22.1 Å². The van der Waals surface area contributed by atoms with Gasteiger partial charge in [0, 0.05) is 21.3 Å². The number of hydrogen-bond acceptors (Lipinski definition) is 2. The average molecular weight is 347 g/mol. The molecule has 0 bridgehead atoms. The van der Waals surface area contributed by atoms with Crippen molar-refractivity contribution in [3.8, 4) is 11.6 Å². The lowest BCUT2D eigenvalue weighted by Gasteiger charge is -2.11. The van der Waals surface area contributed by atoms with E-state index in [9.17, 15) is 0 Å². The summed E-state index contributed by atoms with van der Waals surface area (Å²) in [5, 5.41) is 0.682. The van der Waals surface area contributed by atoms with Gasteiger partial charge in [0.05, 0.1) is 5.88 Å². The summed E-state index contributed by atoms with van der Waals surface area (Å²) < 4.78 is 6.64. The van der Waals surface area contributed by atoms with Crippen molar-refractivity contribution < 1.29 is 4.74 Å². The summed E-state index contributed by atoms with van der Waals surface area (Å²) in [4.78, 5) is 4.22. The highest BCUT2D eigenvalue weighted by molar-refractivity contribution is 9.10. The molecule has 94 valence electrons. The zero-order chi connectivity index (χ0) is 13.1. The van der Waals surface area contributed by atoms with Crippen LogP contribution in [0.4, 0.5) is 0 Å². The summed E-state index contributed by atoms with van der Waals surface area (Å²) in [6.07, 6.45) is 1.68. The van der Waals surface area contributed by atoms with Gasteiger partial charge in [0.1, 0.15) is 5.75 Å². The molecular weight excluding hydrogens is 337 g/mol. The Morgan fingerprint density at radius 2 is 2.11 bits per heavy atom. The maximum Gasteiger partial charge on any atom is 0.223 e. The molecule has 1 aromatic carbocycles. The predicted octanol–water partition coefficient (Wildman–Crippen LogP) is 5.34. The van der Waals surface area contributed by atoms with Gasteiger partial charge in [0.2, 0.25) is 5.88 Å². The van der Waals surface area contributed by atoms with Gasteiger partial charge in [-0.1, -0.05) is 11.6 Å². The van der Waals surface area contributed by atoms with Crippen LogP contribution in [0.1, 0.15) is 11.1 Å². The Morgan fingerprint density at radius 1 is 1.33 bits per heavy atom. The van der Waals surface area contributed by atoms with Crippen LogP contribution >= 0.6 is 39.1 Å². The SMILES string of the molecule is Cc1cc(Cl)ccc1Oc1ncc(Br)cc1CCl. The number of nitrogens with zero attached hydrogens (tertiary/aromatic N) is 1.